The maximum atomic E-state index is 12.2. The van der Waals surface area contributed by atoms with Gasteiger partial charge in [-0.2, -0.15) is 0 Å². The fourth-order valence-corrected chi connectivity index (χ4v) is 2.38. The lowest BCUT2D eigenvalue weighted by atomic mass is 10.0. The molecule has 0 bridgehead atoms. The highest BCUT2D eigenvalue weighted by Gasteiger charge is 2.10. The minimum atomic E-state index is -0.305. The van der Waals surface area contributed by atoms with Crippen LogP contribution in [0, 0.1) is 0 Å². The monoisotopic (exact) mass is 338 g/mol. The number of likely N-dealkylation sites (N-methyl/N-ethyl adjacent to an activating group) is 1. The minimum Gasteiger partial charge on any atom is -0.355 e. The molecule has 0 saturated heterocycles. The zero-order valence-corrected chi connectivity index (χ0v) is 14.2. The van der Waals surface area contributed by atoms with Crippen LogP contribution in [0.2, 0.25) is 0 Å². The number of nitrogens with one attached hydrogen (secondary N) is 2. The van der Waals surface area contributed by atoms with Crippen LogP contribution in [0.25, 0.3) is 11.1 Å². The van der Waals surface area contributed by atoms with Crippen LogP contribution in [0.1, 0.15) is 30.1 Å². The van der Waals surface area contributed by atoms with Crippen molar-refractivity contribution in [2.45, 2.75) is 19.8 Å². The molecule has 5 heteroatoms. The van der Waals surface area contributed by atoms with Crippen molar-refractivity contribution in [3.05, 3.63) is 60.2 Å². The third-order valence-electron chi connectivity index (χ3n) is 3.71. The summed E-state index contributed by atoms with van der Waals surface area (Å²) in [6.07, 6.45) is 0.185. The number of carbonyl (C=O) groups is 3. The number of Topliss-reactive ketones (excluding diaryl/α,β-unsaturated/α-hetero) is 1. The summed E-state index contributed by atoms with van der Waals surface area (Å²) in [6, 6.07) is 17.3. The number of hydrogen-bond donors (Lipinski definition) is 2. The lowest BCUT2D eigenvalue weighted by Gasteiger charge is -2.06. The van der Waals surface area contributed by atoms with Gasteiger partial charge in [0.2, 0.25) is 11.8 Å². The van der Waals surface area contributed by atoms with Crippen molar-refractivity contribution in [2.24, 2.45) is 0 Å². The van der Waals surface area contributed by atoms with E-state index in [1.807, 2.05) is 42.5 Å². The highest BCUT2D eigenvalue weighted by molar-refractivity contribution is 5.98. The summed E-state index contributed by atoms with van der Waals surface area (Å²) < 4.78 is 0. The highest BCUT2D eigenvalue weighted by Crippen LogP contribution is 2.19. The van der Waals surface area contributed by atoms with Crippen LogP contribution in [0.5, 0.6) is 0 Å². The van der Waals surface area contributed by atoms with E-state index in [1.165, 1.54) is 0 Å². The summed E-state index contributed by atoms with van der Waals surface area (Å²) in [6.45, 7) is 2.26. The van der Waals surface area contributed by atoms with E-state index in [9.17, 15) is 14.4 Å². The molecular formula is C20H22N2O3. The summed E-state index contributed by atoms with van der Waals surface area (Å²) in [4.78, 5) is 35.1. The van der Waals surface area contributed by atoms with Gasteiger partial charge in [-0.3, -0.25) is 14.4 Å². The molecule has 2 rings (SSSR count). The Morgan fingerprint density at radius 3 is 2.04 bits per heavy atom. The Hall–Kier alpha value is -2.95. The van der Waals surface area contributed by atoms with E-state index in [4.69, 9.17) is 0 Å². The molecule has 0 atom stereocenters. The lowest BCUT2D eigenvalue weighted by Crippen LogP contribution is -2.36. The van der Waals surface area contributed by atoms with Crippen molar-refractivity contribution in [3.8, 4) is 11.1 Å². The van der Waals surface area contributed by atoms with Crippen LogP contribution in [0.3, 0.4) is 0 Å². The number of amides is 2. The van der Waals surface area contributed by atoms with E-state index < -0.39 is 0 Å². The average Bonchev–Trinajstić information content (AvgIpc) is 2.65. The minimum absolute atomic E-state index is 0.0629. The van der Waals surface area contributed by atoms with Gasteiger partial charge in [-0.25, -0.2) is 0 Å². The molecule has 2 aromatic rings. The van der Waals surface area contributed by atoms with E-state index in [1.54, 1.807) is 19.1 Å². The zero-order valence-electron chi connectivity index (χ0n) is 14.2. The second-order valence-corrected chi connectivity index (χ2v) is 5.60. The molecule has 0 fully saturated rings. The van der Waals surface area contributed by atoms with Gasteiger partial charge in [0.25, 0.3) is 0 Å². The summed E-state index contributed by atoms with van der Waals surface area (Å²) in [5.74, 6) is -0.632. The molecule has 25 heavy (non-hydrogen) atoms. The highest BCUT2D eigenvalue weighted by atomic mass is 16.2. The molecule has 130 valence electrons. The van der Waals surface area contributed by atoms with Crippen molar-refractivity contribution in [1.29, 1.82) is 0 Å². The molecule has 0 aliphatic rings. The number of rotatable bonds is 8. The molecule has 0 unspecified atom stereocenters. The van der Waals surface area contributed by atoms with Crippen molar-refractivity contribution in [2.75, 3.05) is 13.1 Å². The molecule has 0 aliphatic heterocycles. The maximum Gasteiger partial charge on any atom is 0.239 e. The number of hydrogen-bond acceptors (Lipinski definition) is 3. The van der Waals surface area contributed by atoms with E-state index in [0.29, 0.717) is 12.1 Å². The first kappa shape index (κ1) is 18.4. The van der Waals surface area contributed by atoms with Gasteiger partial charge in [-0.1, -0.05) is 54.6 Å². The van der Waals surface area contributed by atoms with Gasteiger partial charge in [0.05, 0.1) is 6.54 Å². The van der Waals surface area contributed by atoms with Gasteiger partial charge in [-0.05, 0) is 18.1 Å². The number of carbonyl (C=O) groups excluding carboxylic acids is 3. The summed E-state index contributed by atoms with van der Waals surface area (Å²) in [7, 11) is 0. The van der Waals surface area contributed by atoms with Gasteiger partial charge >= 0.3 is 0 Å². The lowest BCUT2D eigenvalue weighted by molar-refractivity contribution is -0.126. The molecule has 0 radical (unpaired) electrons. The van der Waals surface area contributed by atoms with E-state index in [0.717, 1.165) is 11.1 Å². The average molecular weight is 338 g/mol. The SMILES string of the molecule is CCNC(=O)CNC(=O)CCC(=O)c1ccc(-c2ccccc2)cc1. The molecule has 0 aromatic heterocycles. The second kappa shape index (κ2) is 9.37. The first-order valence-electron chi connectivity index (χ1n) is 8.32. The molecule has 0 heterocycles. The third kappa shape index (κ3) is 5.88. The zero-order chi connectivity index (χ0) is 18.1. The topological polar surface area (TPSA) is 75.3 Å². The first-order valence-corrected chi connectivity index (χ1v) is 8.32. The predicted molar refractivity (Wildman–Crippen MR) is 97.1 cm³/mol. The van der Waals surface area contributed by atoms with Gasteiger partial charge in [0.15, 0.2) is 5.78 Å². The molecule has 5 nitrogen and oxygen atoms in total. The Morgan fingerprint density at radius 1 is 0.760 bits per heavy atom. The maximum absolute atomic E-state index is 12.2. The van der Waals surface area contributed by atoms with Crippen molar-refractivity contribution in [1.82, 2.24) is 10.6 Å². The van der Waals surface area contributed by atoms with Gasteiger partial charge in [0.1, 0.15) is 0 Å². The molecule has 2 aromatic carbocycles. The summed E-state index contributed by atoms with van der Waals surface area (Å²) in [5.41, 5.74) is 2.71. The van der Waals surface area contributed by atoms with Gasteiger partial charge < -0.3 is 10.6 Å². The van der Waals surface area contributed by atoms with Crippen LogP contribution >= 0.6 is 0 Å². The third-order valence-corrected chi connectivity index (χ3v) is 3.71. The first-order chi connectivity index (χ1) is 12.1. The van der Waals surface area contributed by atoms with Gasteiger partial charge in [-0.15, -0.1) is 0 Å². The molecule has 0 aliphatic carbocycles. The molecule has 2 N–H and O–H groups in total. The Kier molecular flexibility index (Phi) is 6.89. The van der Waals surface area contributed by atoms with Crippen molar-refractivity contribution in [3.63, 3.8) is 0 Å². The fraction of sp³-hybridized carbons (Fsp3) is 0.250. The largest absolute Gasteiger partial charge is 0.355 e. The molecule has 2 amide bonds. The predicted octanol–water partition coefficient (Wildman–Crippen LogP) is 2.57. The van der Waals surface area contributed by atoms with E-state index >= 15 is 0 Å². The summed E-state index contributed by atoms with van der Waals surface area (Å²) in [5, 5.41) is 5.09. The van der Waals surface area contributed by atoms with Crippen molar-refractivity contribution < 1.29 is 14.4 Å². The number of ketones is 1. The van der Waals surface area contributed by atoms with E-state index in [-0.39, 0.29) is 37.0 Å². The Morgan fingerprint density at radius 2 is 1.40 bits per heavy atom. The van der Waals surface area contributed by atoms with Crippen LogP contribution < -0.4 is 10.6 Å². The van der Waals surface area contributed by atoms with Crippen molar-refractivity contribution >= 4 is 17.6 Å². The fourth-order valence-electron chi connectivity index (χ4n) is 2.38. The van der Waals surface area contributed by atoms with Gasteiger partial charge in [0, 0.05) is 24.9 Å². The molecular weight excluding hydrogens is 316 g/mol. The number of benzene rings is 2. The second-order valence-electron chi connectivity index (χ2n) is 5.60. The Labute approximate surface area is 147 Å². The van der Waals surface area contributed by atoms with Crippen LogP contribution in [0.4, 0.5) is 0 Å². The summed E-state index contributed by atoms with van der Waals surface area (Å²) >= 11 is 0. The Balaban J connectivity index is 1.83. The smallest absolute Gasteiger partial charge is 0.239 e. The standard InChI is InChI=1S/C20H22N2O3/c1-2-21-20(25)14-22-19(24)13-12-18(23)17-10-8-16(9-11-17)15-6-4-3-5-7-15/h3-11H,2,12-14H2,1H3,(H,21,25)(H,22,24). The van der Waals surface area contributed by atoms with Crippen LogP contribution in [0.15, 0.2) is 54.6 Å². The van der Waals surface area contributed by atoms with E-state index in [2.05, 4.69) is 10.6 Å². The van der Waals surface area contributed by atoms with Crippen LogP contribution in [-0.4, -0.2) is 30.7 Å². The normalized spacial score (nSPS) is 10.1. The quantitative estimate of drug-likeness (QED) is 0.727. The molecule has 0 spiro atoms. The van der Waals surface area contributed by atoms with Crippen LogP contribution in [-0.2, 0) is 9.59 Å². The molecule has 0 saturated carbocycles. The Bertz CT molecular complexity index is 724.